The van der Waals surface area contributed by atoms with Gasteiger partial charge in [0.2, 0.25) is 0 Å². The maximum atomic E-state index is 5.85. The number of benzene rings is 1. The lowest BCUT2D eigenvalue weighted by atomic mass is 9.91. The molecule has 1 aliphatic carbocycles. The van der Waals surface area contributed by atoms with Gasteiger partial charge in [0.1, 0.15) is 0 Å². The summed E-state index contributed by atoms with van der Waals surface area (Å²) in [6, 6.07) is 7.15. The number of rotatable bonds is 3. The molecule has 0 saturated carbocycles. The molecule has 3 rings (SSSR count). The van der Waals surface area contributed by atoms with E-state index in [1.54, 1.807) is 0 Å². The first kappa shape index (κ1) is 11.1. The van der Waals surface area contributed by atoms with Gasteiger partial charge in [-0.3, -0.25) is 4.90 Å². The zero-order chi connectivity index (χ0) is 11.8. The van der Waals surface area contributed by atoms with Crippen molar-refractivity contribution in [1.29, 1.82) is 0 Å². The minimum absolute atomic E-state index is 0.679. The highest BCUT2D eigenvalue weighted by atomic mass is 15.2. The maximum Gasteiger partial charge on any atom is 0.0354 e. The van der Waals surface area contributed by atoms with Crippen molar-refractivity contribution in [3.63, 3.8) is 0 Å². The lowest BCUT2D eigenvalue weighted by Gasteiger charge is -2.43. The highest BCUT2D eigenvalue weighted by Gasteiger charge is 2.35. The normalized spacial score (nSPS) is 24.6. The van der Waals surface area contributed by atoms with Gasteiger partial charge in [0, 0.05) is 24.8 Å². The Bertz CT molecular complexity index is 407. The van der Waals surface area contributed by atoms with Crippen molar-refractivity contribution in [1.82, 2.24) is 4.90 Å². The smallest absolute Gasteiger partial charge is 0.0354 e. The fourth-order valence-electron chi connectivity index (χ4n) is 3.45. The second-order valence-electron chi connectivity index (χ2n) is 5.62. The lowest BCUT2D eigenvalue weighted by Crippen LogP contribution is -2.47. The first-order valence-corrected chi connectivity index (χ1v) is 6.90. The van der Waals surface area contributed by atoms with Crippen molar-refractivity contribution in [3.8, 4) is 0 Å². The molecule has 1 aliphatic heterocycles. The van der Waals surface area contributed by atoms with Gasteiger partial charge in [0.05, 0.1) is 0 Å². The topological polar surface area (TPSA) is 29.3 Å². The van der Waals surface area contributed by atoms with E-state index < -0.39 is 0 Å². The second kappa shape index (κ2) is 4.34. The van der Waals surface area contributed by atoms with E-state index in [2.05, 4.69) is 30.0 Å². The number of anilines is 1. The van der Waals surface area contributed by atoms with E-state index in [9.17, 15) is 0 Å². The molecule has 2 nitrogen and oxygen atoms in total. The molecule has 0 amide bonds. The molecule has 92 valence electrons. The molecule has 0 radical (unpaired) electrons. The van der Waals surface area contributed by atoms with Crippen LogP contribution >= 0.6 is 0 Å². The van der Waals surface area contributed by atoms with Crippen molar-refractivity contribution >= 4 is 5.69 Å². The summed E-state index contributed by atoms with van der Waals surface area (Å²) in [7, 11) is 0. The summed E-state index contributed by atoms with van der Waals surface area (Å²) in [5, 5.41) is 0. The molecule has 0 aromatic heterocycles. The number of hydrogen-bond donors (Lipinski definition) is 1. The van der Waals surface area contributed by atoms with Crippen LogP contribution in [0, 0.1) is 5.92 Å². The number of fused-ring (bicyclic) bond motifs is 1. The van der Waals surface area contributed by atoms with Crippen LogP contribution in [0.1, 0.15) is 43.4 Å². The van der Waals surface area contributed by atoms with Crippen LogP contribution in [0.2, 0.25) is 0 Å². The summed E-state index contributed by atoms with van der Waals surface area (Å²) < 4.78 is 0. The van der Waals surface area contributed by atoms with Crippen molar-refractivity contribution in [2.75, 3.05) is 18.8 Å². The minimum Gasteiger partial charge on any atom is -0.399 e. The van der Waals surface area contributed by atoms with E-state index in [0.29, 0.717) is 6.04 Å². The molecule has 1 aromatic rings. The van der Waals surface area contributed by atoms with Crippen LogP contribution in [-0.4, -0.2) is 18.0 Å². The molecular formula is C15H22N2. The van der Waals surface area contributed by atoms with E-state index in [1.165, 1.54) is 49.9 Å². The standard InChI is InChI=1S/C15H22N2/c1-2-3-11-9-17(10-11)15-7-4-12-8-13(16)5-6-14(12)15/h5-6,8,11,15H,2-4,7,9-10,16H2,1H3. The van der Waals surface area contributed by atoms with Crippen LogP contribution < -0.4 is 5.73 Å². The summed E-state index contributed by atoms with van der Waals surface area (Å²) in [4.78, 5) is 2.66. The minimum atomic E-state index is 0.679. The fourth-order valence-corrected chi connectivity index (χ4v) is 3.45. The van der Waals surface area contributed by atoms with Crippen LogP contribution in [0.3, 0.4) is 0 Å². The summed E-state index contributed by atoms with van der Waals surface area (Å²) >= 11 is 0. The molecule has 1 atom stereocenters. The van der Waals surface area contributed by atoms with Gasteiger partial charge in [-0.15, -0.1) is 0 Å². The van der Waals surface area contributed by atoms with Crippen LogP contribution in [0.25, 0.3) is 0 Å². The van der Waals surface area contributed by atoms with Crippen LogP contribution in [0.4, 0.5) is 5.69 Å². The number of aryl methyl sites for hydroxylation is 1. The molecule has 1 saturated heterocycles. The quantitative estimate of drug-likeness (QED) is 0.809. The van der Waals surface area contributed by atoms with Gasteiger partial charge in [0.25, 0.3) is 0 Å². The van der Waals surface area contributed by atoms with Gasteiger partial charge < -0.3 is 5.73 Å². The Hall–Kier alpha value is -1.02. The van der Waals surface area contributed by atoms with E-state index in [1.807, 2.05) is 0 Å². The maximum absolute atomic E-state index is 5.85. The lowest BCUT2D eigenvalue weighted by molar-refractivity contribution is 0.0474. The predicted octanol–water partition coefficient (Wildman–Crippen LogP) is 2.99. The number of nitrogens with two attached hydrogens (primary N) is 1. The third-order valence-electron chi connectivity index (χ3n) is 4.34. The Morgan fingerprint density at radius 3 is 2.94 bits per heavy atom. The molecule has 0 spiro atoms. The molecule has 2 N–H and O–H groups in total. The predicted molar refractivity (Wildman–Crippen MR) is 71.9 cm³/mol. The van der Waals surface area contributed by atoms with Crippen LogP contribution in [0.5, 0.6) is 0 Å². The molecule has 1 heterocycles. The zero-order valence-corrected chi connectivity index (χ0v) is 10.7. The van der Waals surface area contributed by atoms with Gasteiger partial charge in [-0.25, -0.2) is 0 Å². The molecule has 1 fully saturated rings. The first-order chi connectivity index (χ1) is 8.28. The Morgan fingerprint density at radius 2 is 2.18 bits per heavy atom. The molecule has 2 heteroatoms. The number of likely N-dealkylation sites (tertiary alicyclic amines) is 1. The van der Waals surface area contributed by atoms with Crippen molar-refractivity contribution < 1.29 is 0 Å². The second-order valence-corrected chi connectivity index (χ2v) is 5.62. The molecule has 0 bridgehead atoms. The SMILES string of the molecule is CCCC1CN(C2CCc3cc(N)ccc32)C1. The third kappa shape index (κ3) is 1.95. The summed E-state index contributed by atoms with van der Waals surface area (Å²) in [6.45, 7) is 4.90. The first-order valence-electron chi connectivity index (χ1n) is 6.90. The van der Waals surface area contributed by atoms with E-state index in [-0.39, 0.29) is 0 Å². The largest absolute Gasteiger partial charge is 0.399 e. The van der Waals surface area contributed by atoms with Gasteiger partial charge in [0.15, 0.2) is 0 Å². The van der Waals surface area contributed by atoms with Crippen molar-refractivity contribution in [3.05, 3.63) is 29.3 Å². The highest BCUT2D eigenvalue weighted by Crippen LogP contribution is 2.40. The van der Waals surface area contributed by atoms with Gasteiger partial charge in [-0.05, 0) is 48.4 Å². The van der Waals surface area contributed by atoms with E-state index in [0.717, 1.165) is 11.6 Å². The van der Waals surface area contributed by atoms with Crippen LogP contribution in [0.15, 0.2) is 18.2 Å². The summed E-state index contributed by atoms with van der Waals surface area (Å²) in [6.07, 6.45) is 5.23. The number of nitrogens with zero attached hydrogens (tertiary/aromatic N) is 1. The Balaban J connectivity index is 1.69. The number of hydrogen-bond acceptors (Lipinski definition) is 2. The molecular weight excluding hydrogens is 208 g/mol. The third-order valence-corrected chi connectivity index (χ3v) is 4.34. The Labute approximate surface area is 104 Å². The molecule has 17 heavy (non-hydrogen) atoms. The molecule has 2 aliphatic rings. The Kier molecular flexibility index (Phi) is 2.83. The zero-order valence-electron chi connectivity index (χ0n) is 10.7. The van der Waals surface area contributed by atoms with Gasteiger partial charge >= 0.3 is 0 Å². The highest BCUT2D eigenvalue weighted by molar-refractivity contribution is 5.47. The number of nitrogen functional groups attached to an aromatic ring is 1. The van der Waals surface area contributed by atoms with Gasteiger partial charge in [-0.2, -0.15) is 0 Å². The van der Waals surface area contributed by atoms with Gasteiger partial charge in [-0.1, -0.05) is 19.4 Å². The average molecular weight is 230 g/mol. The summed E-state index contributed by atoms with van der Waals surface area (Å²) in [5.74, 6) is 0.956. The summed E-state index contributed by atoms with van der Waals surface area (Å²) in [5.41, 5.74) is 9.78. The Morgan fingerprint density at radius 1 is 1.35 bits per heavy atom. The molecule has 1 aromatic carbocycles. The van der Waals surface area contributed by atoms with Crippen molar-refractivity contribution in [2.45, 2.75) is 38.6 Å². The van der Waals surface area contributed by atoms with E-state index in [4.69, 9.17) is 5.73 Å². The monoisotopic (exact) mass is 230 g/mol. The van der Waals surface area contributed by atoms with E-state index >= 15 is 0 Å². The van der Waals surface area contributed by atoms with Crippen LogP contribution in [-0.2, 0) is 6.42 Å². The van der Waals surface area contributed by atoms with Crippen molar-refractivity contribution in [2.24, 2.45) is 5.92 Å². The average Bonchev–Trinajstić information content (AvgIpc) is 2.65. The fraction of sp³-hybridized carbons (Fsp3) is 0.600. The molecule has 1 unspecified atom stereocenters.